The lowest BCUT2D eigenvalue weighted by Gasteiger charge is -2.17. The van der Waals surface area contributed by atoms with Crippen LogP contribution >= 0.6 is 0 Å². The molecular weight excluding hydrogens is 238 g/mol. The third-order valence-corrected chi connectivity index (χ3v) is 3.62. The Kier molecular flexibility index (Phi) is 4.61. The summed E-state index contributed by atoms with van der Waals surface area (Å²) in [5, 5.41) is 3.34. The van der Waals surface area contributed by atoms with Gasteiger partial charge in [-0.25, -0.2) is 4.98 Å². The molecule has 106 valence electrons. The van der Waals surface area contributed by atoms with Crippen molar-refractivity contribution in [2.75, 3.05) is 5.32 Å². The molecule has 1 heterocycles. The van der Waals surface area contributed by atoms with Crippen LogP contribution in [0.2, 0.25) is 0 Å². The lowest BCUT2D eigenvalue weighted by atomic mass is 10.1. The largest absolute Gasteiger partial charge is 0.363 e. The van der Waals surface area contributed by atoms with E-state index in [0.29, 0.717) is 17.8 Å². The second-order valence-corrected chi connectivity index (χ2v) is 6.06. The van der Waals surface area contributed by atoms with E-state index in [1.165, 1.54) is 12.8 Å². The van der Waals surface area contributed by atoms with Gasteiger partial charge in [-0.15, -0.1) is 0 Å². The van der Waals surface area contributed by atoms with Crippen LogP contribution in [-0.2, 0) is 6.54 Å². The summed E-state index contributed by atoms with van der Waals surface area (Å²) in [6.45, 7) is 7.13. The summed E-state index contributed by atoms with van der Waals surface area (Å²) in [7, 11) is 0. The van der Waals surface area contributed by atoms with Crippen LogP contribution in [0.5, 0.6) is 0 Å². The molecule has 0 bridgehead atoms. The Morgan fingerprint density at radius 1 is 1.47 bits per heavy atom. The Labute approximate surface area is 115 Å². The van der Waals surface area contributed by atoms with Gasteiger partial charge in [-0.2, -0.15) is 0 Å². The van der Waals surface area contributed by atoms with Crippen molar-refractivity contribution in [2.45, 2.75) is 59.0 Å². The molecule has 4 heteroatoms. The maximum absolute atomic E-state index is 12.3. The molecule has 1 atom stereocenters. The summed E-state index contributed by atoms with van der Waals surface area (Å²) >= 11 is 0. The van der Waals surface area contributed by atoms with Crippen molar-refractivity contribution >= 4 is 5.82 Å². The zero-order valence-electron chi connectivity index (χ0n) is 12.2. The number of hydrogen-bond acceptors (Lipinski definition) is 3. The van der Waals surface area contributed by atoms with Gasteiger partial charge in [0.25, 0.3) is 5.56 Å². The average Bonchev–Trinajstić information content (AvgIpc) is 3.16. The number of anilines is 1. The molecule has 0 amide bonds. The smallest absolute Gasteiger partial charge is 0.293 e. The average molecular weight is 263 g/mol. The summed E-state index contributed by atoms with van der Waals surface area (Å²) in [5.41, 5.74) is 0.00504. The molecule has 1 fully saturated rings. The standard InChI is InChI=1S/C15H25N3O/c1-4-13(9-12-5-6-12)17-14-15(19)18(8-7-16-14)10-11(2)3/h7-8,11-13H,4-6,9-10H2,1-3H3,(H,16,17). The fourth-order valence-corrected chi connectivity index (χ4v) is 2.36. The molecule has 1 aliphatic carbocycles. The number of rotatable bonds is 7. The second kappa shape index (κ2) is 6.22. The molecule has 1 aliphatic rings. The Morgan fingerprint density at radius 2 is 2.21 bits per heavy atom. The maximum atomic E-state index is 12.3. The van der Waals surface area contributed by atoms with Crippen molar-refractivity contribution in [1.29, 1.82) is 0 Å². The van der Waals surface area contributed by atoms with E-state index >= 15 is 0 Å². The van der Waals surface area contributed by atoms with Gasteiger partial charge in [0, 0.05) is 25.0 Å². The first-order valence-corrected chi connectivity index (χ1v) is 7.42. The Bertz CT molecular complexity index is 463. The van der Waals surface area contributed by atoms with E-state index in [1.54, 1.807) is 17.0 Å². The number of nitrogens with one attached hydrogen (secondary N) is 1. The number of hydrogen-bond donors (Lipinski definition) is 1. The van der Waals surface area contributed by atoms with E-state index in [4.69, 9.17) is 0 Å². The van der Waals surface area contributed by atoms with Crippen molar-refractivity contribution in [3.8, 4) is 0 Å². The third-order valence-electron chi connectivity index (χ3n) is 3.62. The van der Waals surface area contributed by atoms with Gasteiger partial charge in [-0.05, 0) is 24.7 Å². The van der Waals surface area contributed by atoms with Crippen LogP contribution in [0.25, 0.3) is 0 Å². The van der Waals surface area contributed by atoms with Gasteiger partial charge in [-0.3, -0.25) is 4.79 Å². The van der Waals surface area contributed by atoms with E-state index in [1.807, 2.05) is 0 Å². The fraction of sp³-hybridized carbons (Fsp3) is 0.733. The highest BCUT2D eigenvalue weighted by Gasteiger charge is 2.25. The highest BCUT2D eigenvalue weighted by molar-refractivity contribution is 5.32. The summed E-state index contributed by atoms with van der Waals surface area (Å²) in [5.74, 6) is 1.83. The van der Waals surface area contributed by atoms with E-state index in [2.05, 4.69) is 31.1 Å². The lowest BCUT2D eigenvalue weighted by molar-refractivity contribution is 0.508. The Hall–Kier alpha value is -1.32. The van der Waals surface area contributed by atoms with E-state index in [0.717, 1.165) is 25.3 Å². The van der Waals surface area contributed by atoms with Crippen molar-refractivity contribution in [1.82, 2.24) is 9.55 Å². The highest BCUT2D eigenvalue weighted by Crippen LogP contribution is 2.34. The number of nitrogens with zero attached hydrogens (tertiary/aromatic N) is 2. The minimum atomic E-state index is 0.00504. The topological polar surface area (TPSA) is 46.9 Å². The molecule has 2 rings (SSSR count). The zero-order chi connectivity index (χ0) is 13.8. The van der Waals surface area contributed by atoms with Gasteiger partial charge in [0.15, 0.2) is 5.82 Å². The molecular formula is C15H25N3O. The van der Waals surface area contributed by atoms with E-state index in [-0.39, 0.29) is 5.56 Å². The van der Waals surface area contributed by atoms with Crippen molar-refractivity contribution in [3.63, 3.8) is 0 Å². The van der Waals surface area contributed by atoms with Crippen LogP contribution in [0.1, 0.15) is 46.5 Å². The molecule has 4 nitrogen and oxygen atoms in total. The summed E-state index contributed by atoms with van der Waals surface area (Å²) in [4.78, 5) is 16.5. The normalized spacial score (nSPS) is 16.6. The molecule has 0 radical (unpaired) electrons. The zero-order valence-corrected chi connectivity index (χ0v) is 12.2. The molecule has 1 aromatic heterocycles. The minimum absolute atomic E-state index is 0.00504. The van der Waals surface area contributed by atoms with Crippen molar-refractivity contribution in [3.05, 3.63) is 22.7 Å². The molecule has 0 aliphatic heterocycles. The molecule has 1 N–H and O–H groups in total. The van der Waals surface area contributed by atoms with Crippen molar-refractivity contribution in [2.24, 2.45) is 11.8 Å². The Morgan fingerprint density at radius 3 is 2.79 bits per heavy atom. The second-order valence-electron chi connectivity index (χ2n) is 6.06. The van der Waals surface area contributed by atoms with Crippen LogP contribution in [0.3, 0.4) is 0 Å². The molecule has 1 saturated carbocycles. The first kappa shape index (κ1) is 14.1. The van der Waals surface area contributed by atoms with Crippen LogP contribution in [0.15, 0.2) is 17.2 Å². The SMILES string of the molecule is CCC(CC1CC1)Nc1nccn(CC(C)C)c1=O. The van der Waals surface area contributed by atoms with Gasteiger partial charge in [0.05, 0.1) is 0 Å². The van der Waals surface area contributed by atoms with Crippen LogP contribution in [0, 0.1) is 11.8 Å². The predicted molar refractivity (Wildman–Crippen MR) is 78.4 cm³/mol. The third kappa shape index (κ3) is 4.08. The van der Waals surface area contributed by atoms with Gasteiger partial charge in [0.2, 0.25) is 0 Å². The molecule has 0 spiro atoms. The quantitative estimate of drug-likeness (QED) is 0.823. The molecule has 0 aromatic carbocycles. The van der Waals surface area contributed by atoms with Gasteiger partial charge in [0.1, 0.15) is 0 Å². The summed E-state index contributed by atoms with van der Waals surface area (Å²) in [6.07, 6.45) is 8.38. The van der Waals surface area contributed by atoms with Crippen LogP contribution in [-0.4, -0.2) is 15.6 Å². The maximum Gasteiger partial charge on any atom is 0.293 e. The fourth-order valence-electron chi connectivity index (χ4n) is 2.36. The predicted octanol–water partition coefficient (Wildman–Crippen LogP) is 2.89. The van der Waals surface area contributed by atoms with E-state index in [9.17, 15) is 4.79 Å². The monoisotopic (exact) mass is 263 g/mol. The molecule has 19 heavy (non-hydrogen) atoms. The molecule has 1 aromatic rings. The number of aromatic nitrogens is 2. The minimum Gasteiger partial charge on any atom is -0.363 e. The molecule has 1 unspecified atom stereocenters. The first-order valence-electron chi connectivity index (χ1n) is 7.42. The Balaban J connectivity index is 2.07. The van der Waals surface area contributed by atoms with Gasteiger partial charge in [-0.1, -0.05) is 33.6 Å². The van der Waals surface area contributed by atoms with Crippen LogP contribution in [0.4, 0.5) is 5.82 Å². The summed E-state index contributed by atoms with van der Waals surface area (Å²) in [6, 6.07) is 0.377. The van der Waals surface area contributed by atoms with Crippen LogP contribution < -0.4 is 10.9 Å². The van der Waals surface area contributed by atoms with Gasteiger partial charge >= 0.3 is 0 Å². The lowest BCUT2D eigenvalue weighted by Crippen LogP contribution is -2.30. The molecule has 0 saturated heterocycles. The first-order chi connectivity index (χ1) is 9.10. The highest BCUT2D eigenvalue weighted by atomic mass is 16.1. The van der Waals surface area contributed by atoms with Gasteiger partial charge < -0.3 is 9.88 Å². The summed E-state index contributed by atoms with van der Waals surface area (Å²) < 4.78 is 1.75. The van der Waals surface area contributed by atoms with E-state index < -0.39 is 0 Å². The van der Waals surface area contributed by atoms with Crippen molar-refractivity contribution < 1.29 is 0 Å².